The maximum Gasteiger partial charge on any atom is 0.171 e. The van der Waals surface area contributed by atoms with Gasteiger partial charge in [-0.25, -0.2) is 0 Å². The monoisotopic (exact) mass is 296 g/mol. The molecule has 0 saturated carbocycles. The van der Waals surface area contributed by atoms with E-state index in [1.807, 2.05) is 0 Å². The molecule has 0 amide bonds. The molecule has 0 unspecified atom stereocenters. The molecule has 0 aliphatic rings. The average molecular weight is 298 g/mol. The van der Waals surface area contributed by atoms with Crippen molar-refractivity contribution in [1.29, 1.82) is 0 Å². The SMILES string of the molecule is ClCc1nnnn1-c1c(Cl)cc(Cl)cc1Cl. The van der Waals surface area contributed by atoms with Crippen molar-refractivity contribution in [3.63, 3.8) is 0 Å². The molecule has 16 heavy (non-hydrogen) atoms. The van der Waals surface area contributed by atoms with Crippen molar-refractivity contribution in [2.24, 2.45) is 0 Å². The Kier molecular flexibility index (Phi) is 3.54. The molecular formula is C8H4Cl4N4. The van der Waals surface area contributed by atoms with E-state index in [9.17, 15) is 0 Å². The minimum atomic E-state index is 0.155. The summed E-state index contributed by atoms with van der Waals surface area (Å²) >= 11 is 23.5. The van der Waals surface area contributed by atoms with Crippen LogP contribution in [0.15, 0.2) is 12.1 Å². The summed E-state index contributed by atoms with van der Waals surface area (Å²) < 4.78 is 1.38. The number of rotatable bonds is 2. The van der Waals surface area contributed by atoms with Crippen LogP contribution in [0, 0.1) is 0 Å². The lowest BCUT2D eigenvalue weighted by atomic mass is 10.3. The van der Waals surface area contributed by atoms with Crippen molar-refractivity contribution in [2.75, 3.05) is 0 Å². The molecule has 0 fully saturated rings. The molecule has 0 aliphatic heterocycles. The van der Waals surface area contributed by atoms with Gasteiger partial charge < -0.3 is 0 Å². The molecule has 84 valence electrons. The van der Waals surface area contributed by atoms with Crippen LogP contribution < -0.4 is 0 Å². The topological polar surface area (TPSA) is 43.6 Å². The van der Waals surface area contributed by atoms with E-state index in [2.05, 4.69) is 15.5 Å². The predicted octanol–water partition coefficient (Wildman–Crippen LogP) is 3.36. The van der Waals surface area contributed by atoms with E-state index in [-0.39, 0.29) is 5.88 Å². The van der Waals surface area contributed by atoms with Crippen LogP contribution in [0.4, 0.5) is 0 Å². The zero-order valence-electron chi connectivity index (χ0n) is 7.66. The van der Waals surface area contributed by atoms with Crippen LogP contribution in [0.3, 0.4) is 0 Å². The van der Waals surface area contributed by atoms with Gasteiger partial charge in [0.1, 0.15) is 5.69 Å². The van der Waals surface area contributed by atoms with Gasteiger partial charge in [-0.1, -0.05) is 34.8 Å². The van der Waals surface area contributed by atoms with E-state index >= 15 is 0 Å². The number of nitrogens with zero attached hydrogens (tertiary/aromatic N) is 4. The fourth-order valence-corrected chi connectivity index (χ4v) is 2.34. The molecule has 0 N–H and O–H groups in total. The van der Waals surface area contributed by atoms with Gasteiger partial charge in [0.05, 0.1) is 15.9 Å². The van der Waals surface area contributed by atoms with E-state index in [0.717, 1.165) is 0 Å². The summed E-state index contributed by atoms with van der Waals surface area (Å²) in [6.45, 7) is 0. The normalized spacial score (nSPS) is 10.8. The van der Waals surface area contributed by atoms with Gasteiger partial charge in [-0.05, 0) is 22.6 Å². The minimum absolute atomic E-state index is 0.155. The van der Waals surface area contributed by atoms with Gasteiger partial charge >= 0.3 is 0 Å². The Balaban J connectivity index is 2.64. The third-order valence-corrected chi connectivity index (χ3v) is 2.88. The average Bonchev–Trinajstić information content (AvgIpc) is 2.64. The van der Waals surface area contributed by atoms with Crippen LogP contribution in [0.2, 0.25) is 15.1 Å². The molecule has 4 nitrogen and oxygen atoms in total. The molecule has 0 atom stereocenters. The van der Waals surface area contributed by atoms with Crippen LogP contribution in [0.25, 0.3) is 5.69 Å². The van der Waals surface area contributed by atoms with Gasteiger partial charge in [0.25, 0.3) is 0 Å². The first-order valence-electron chi connectivity index (χ1n) is 4.11. The highest BCUT2D eigenvalue weighted by molar-refractivity contribution is 6.40. The maximum atomic E-state index is 6.03. The van der Waals surface area contributed by atoms with Crippen molar-refractivity contribution in [2.45, 2.75) is 5.88 Å². The Morgan fingerprint density at radius 2 is 1.75 bits per heavy atom. The molecule has 0 saturated heterocycles. The van der Waals surface area contributed by atoms with Gasteiger partial charge in [0, 0.05) is 5.02 Å². The smallest absolute Gasteiger partial charge is 0.171 e. The molecule has 1 aromatic carbocycles. The second kappa shape index (κ2) is 4.75. The van der Waals surface area contributed by atoms with Crippen LogP contribution in [-0.4, -0.2) is 20.2 Å². The first-order chi connectivity index (χ1) is 7.63. The molecule has 2 rings (SSSR count). The number of alkyl halides is 1. The van der Waals surface area contributed by atoms with Gasteiger partial charge in [0.15, 0.2) is 5.82 Å². The standard InChI is InChI=1S/C8H4Cl4N4/c9-3-7-13-14-15-16(7)8-5(11)1-4(10)2-6(8)12/h1-2H,3H2. The number of tetrazole rings is 1. The number of halogens is 4. The quantitative estimate of drug-likeness (QED) is 0.798. The van der Waals surface area contributed by atoms with Gasteiger partial charge in [0.2, 0.25) is 0 Å². The first-order valence-corrected chi connectivity index (χ1v) is 5.78. The number of hydrogen-bond donors (Lipinski definition) is 0. The first kappa shape index (κ1) is 11.9. The van der Waals surface area contributed by atoms with Crippen LogP contribution in [0.1, 0.15) is 5.82 Å². The van der Waals surface area contributed by atoms with E-state index in [0.29, 0.717) is 26.6 Å². The summed E-state index contributed by atoms with van der Waals surface area (Å²) in [4.78, 5) is 0. The highest BCUT2D eigenvalue weighted by atomic mass is 35.5. The second-order valence-electron chi connectivity index (χ2n) is 2.86. The summed E-state index contributed by atoms with van der Waals surface area (Å²) in [6.07, 6.45) is 0. The fraction of sp³-hybridized carbons (Fsp3) is 0.125. The summed E-state index contributed by atoms with van der Waals surface area (Å²) in [6, 6.07) is 3.12. The third kappa shape index (κ3) is 2.11. The lowest BCUT2D eigenvalue weighted by molar-refractivity contribution is 0.777. The van der Waals surface area contributed by atoms with E-state index < -0.39 is 0 Å². The van der Waals surface area contributed by atoms with Crippen LogP contribution in [0.5, 0.6) is 0 Å². The zero-order valence-corrected chi connectivity index (χ0v) is 10.7. The Morgan fingerprint density at radius 1 is 1.12 bits per heavy atom. The molecule has 0 aliphatic carbocycles. The van der Waals surface area contributed by atoms with Gasteiger partial charge in [-0.15, -0.1) is 16.7 Å². The van der Waals surface area contributed by atoms with Crippen molar-refractivity contribution in [1.82, 2.24) is 20.2 Å². The summed E-state index contributed by atoms with van der Waals surface area (Å²) in [5, 5.41) is 12.2. The molecular weight excluding hydrogens is 294 g/mol. The second-order valence-corrected chi connectivity index (χ2v) is 4.38. The lowest BCUT2D eigenvalue weighted by Gasteiger charge is -2.07. The Bertz CT molecular complexity index is 502. The van der Waals surface area contributed by atoms with Crippen molar-refractivity contribution >= 4 is 46.4 Å². The summed E-state index contributed by atoms with van der Waals surface area (Å²) in [7, 11) is 0. The van der Waals surface area contributed by atoms with Crippen molar-refractivity contribution < 1.29 is 0 Å². The Hall–Kier alpha value is -0.550. The van der Waals surface area contributed by atoms with Crippen molar-refractivity contribution in [3.05, 3.63) is 33.0 Å². The lowest BCUT2D eigenvalue weighted by Crippen LogP contribution is -2.03. The molecule has 1 heterocycles. The number of hydrogen-bond acceptors (Lipinski definition) is 3. The summed E-state index contributed by atoms with van der Waals surface area (Å²) in [5.74, 6) is 0.607. The van der Waals surface area contributed by atoms with Crippen molar-refractivity contribution in [3.8, 4) is 5.69 Å². The van der Waals surface area contributed by atoms with Crippen LogP contribution >= 0.6 is 46.4 Å². The minimum Gasteiger partial charge on any atom is -0.193 e. The maximum absolute atomic E-state index is 6.03. The molecule has 0 spiro atoms. The zero-order chi connectivity index (χ0) is 11.7. The molecule has 8 heteroatoms. The summed E-state index contributed by atoms with van der Waals surface area (Å²) in [5.41, 5.74) is 0.466. The van der Waals surface area contributed by atoms with Crippen LogP contribution in [-0.2, 0) is 5.88 Å². The molecule has 0 bridgehead atoms. The van der Waals surface area contributed by atoms with Gasteiger partial charge in [-0.2, -0.15) is 4.68 Å². The highest BCUT2D eigenvalue weighted by Gasteiger charge is 2.15. The fourth-order valence-electron chi connectivity index (χ4n) is 1.20. The molecule has 1 aromatic heterocycles. The third-order valence-electron chi connectivity index (χ3n) is 1.85. The molecule has 2 aromatic rings. The highest BCUT2D eigenvalue weighted by Crippen LogP contribution is 2.32. The van der Waals surface area contributed by atoms with Gasteiger partial charge in [-0.3, -0.25) is 0 Å². The van der Waals surface area contributed by atoms with E-state index in [1.54, 1.807) is 12.1 Å². The largest absolute Gasteiger partial charge is 0.193 e. The molecule has 0 radical (unpaired) electrons. The number of aromatic nitrogens is 4. The Morgan fingerprint density at radius 3 is 2.31 bits per heavy atom. The number of benzene rings is 1. The van der Waals surface area contributed by atoms with E-state index in [4.69, 9.17) is 46.4 Å². The predicted molar refractivity (Wildman–Crippen MR) is 63.7 cm³/mol. The Labute approximate surface area is 111 Å². The van der Waals surface area contributed by atoms with E-state index in [1.165, 1.54) is 4.68 Å².